The summed E-state index contributed by atoms with van der Waals surface area (Å²) >= 11 is 0. The number of nitro benzene ring substituents is 1. The number of ether oxygens (including phenoxy) is 1. The summed E-state index contributed by atoms with van der Waals surface area (Å²) in [7, 11) is 0. The van der Waals surface area contributed by atoms with Gasteiger partial charge < -0.3 is 4.74 Å². The number of nitriles is 1. The Bertz CT molecular complexity index is 517. The van der Waals surface area contributed by atoms with Crippen LogP contribution in [0.3, 0.4) is 0 Å². The van der Waals surface area contributed by atoms with E-state index in [0.717, 1.165) is 0 Å². The standard InChI is InChI=1S/C11H10N2O4/c1-3-17-11(14)9-5-8(6-12)7(2)4-10(9)13(15)16/h4-5H,3H2,1-2H3. The molecule has 1 aromatic rings. The smallest absolute Gasteiger partial charge is 0.345 e. The van der Waals surface area contributed by atoms with Crippen molar-refractivity contribution < 1.29 is 14.5 Å². The van der Waals surface area contributed by atoms with Crippen LogP contribution in [0.15, 0.2) is 12.1 Å². The van der Waals surface area contributed by atoms with Gasteiger partial charge in [0.2, 0.25) is 0 Å². The summed E-state index contributed by atoms with van der Waals surface area (Å²) in [5.41, 5.74) is 0.129. The van der Waals surface area contributed by atoms with Gasteiger partial charge in [-0.15, -0.1) is 0 Å². The monoisotopic (exact) mass is 234 g/mol. The van der Waals surface area contributed by atoms with Crippen LogP contribution in [0.4, 0.5) is 5.69 Å². The maximum Gasteiger partial charge on any atom is 0.345 e. The minimum atomic E-state index is -0.796. The predicted molar refractivity (Wildman–Crippen MR) is 58.5 cm³/mol. The fourth-order valence-electron chi connectivity index (χ4n) is 1.34. The fourth-order valence-corrected chi connectivity index (χ4v) is 1.34. The third-order valence-electron chi connectivity index (χ3n) is 2.16. The van der Waals surface area contributed by atoms with Crippen LogP contribution in [0.2, 0.25) is 0 Å². The molecule has 0 radical (unpaired) electrons. The van der Waals surface area contributed by atoms with E-state index < -0.39 is 10.9 Å². The molecule has 0 bridgehead atoms. The van der Waals surface area contributed by atoms with E-state index in [1.54, 1.807) is 13.8 Å². The van der Waals surface area contributed by atoms with Gasteiger partial charge in [0.25, 0.3) is 5.69 Å². The van der Waals surface area contributed by atoms with Crippen molar-refractivity contribution in [3.8, 4) is 6.07 Å². The van der Waals surface area contributed by atoms with Crippen LogP contribution in [-0.2, 0) is 4.74 Å². The van der Waals surface area contributed by atoms with E-state index in [2.05, 4.69) is 0 Å². The molecule has 0 fully saturated rings. The van der Waals surface area contributed by atoms with Gasteiger partial charge in [0, 0.05) is 6.07 Å². The van der Waals surface area contributed by atoms with Gasteiger partial charge in [-0.1, -0.05) is 0 Å². The highest BCUT2D eigenvalue weighted by Gasteiger charge is 2.23. The zero-order valence-electron chi connectivity index (χ0n) is 9.39. The molecule has 0 aliphatic carbocycles. The molecule has 0 spiro atoms. The molecule has 0 aromatic heterocycles. The molecule has 0 atom stereocenters. The quantitative estimate of drug-likeness (QED) is 0.452. The molecule has 0 aliphatic heterocycles. The Hall–Kier alpha value is -2.42. The second kappa shape index (κ2) is 5.07. The maximum atomic E-state index is 11.5. The summed E-state index contributed by atoms with van der Waals surface area (Å²) in [5, 5.41) is 19.6. The van der Waals surface area contributed by atoms with Crippen LogP contribution in [0, 0.1) is 28.4 Å². The second-order valence-corrected chi connectivity index (χ2v) is 3.27. The highest BCUT2D eigenvalue weighted by Crippen LogP contribution is 2.23. The minimum Gasteiger partial charge on any atom is -0.462 e. The number of esters is 1. The van der Waals surface area contributed by atoms with Crippen LogP contribution < -0.4 is 0 Å². The number of carbonyl (C=O) groups excluding carboxylic acids is 1. The molecule has 1 aromatic carbocycles. The third-order valence-corrected chi connectivity index (χ3v) is 2.16. The predicted octanol–water partition coefficient (Wildman–Crippen LogP) is 1.95. The molecule has 17 heavy (non-hydrogen) atoms. The Morgan fingerprint density at radius 2 is 2.24 bits per heavy atom. The second-order valence-electron chi connectivity index (χ2n) is 3.27. The molecule has 0 unspecified atom stereocenters. The lowest BCUT2D eigenvalue weighted by Gasteiger charge is -2.05. The summed E-state index contributed by atoms with van der Waals surface area (Å²) < 4.78 is 4.71. The van der Waals surface area contributed by atoms with Gasteiger partial charge in [-0.05, 0) is 25.5 Å². The largest absolute Gasteiger partial charge is 0.462 e. The topological polar surface area (TPSA) is 93.2 Å². The van der Waals surface area contributed by atoms with Crippen molar-refractivity contribution in [2.75, 3.05) is 6.61 Å². The zero-order valence-corrected chi connectivity index (χ0v) is 9.39. The minimum absolute atomic E-state index is 0.117. The van der Waals surface area contributed by atoms with Crippen molar-refractivity contribution in [1.82, 2.24) is 0 Å². The van der Waals surface area contributed by atoms with Crippen molar-refractivity contribution in [1.29, 1.82) is 5.26 Å². The Balaban J connectivity index is 3.40. The lowest BCUT2D eigenvalue weighted by atomic mass is 10.0. The molecule has 0 saturated carbocycles. The number of nitrogens with zero attached hydrogens (tertiary/aromatic N) is 2. The molecule has 1 rings (SSSR count). The number of benzene rings is 1. The molecule has 0 heterocycles. The van der Waals surface area contributed by atoms with Gasteiger partial charge in [0.1, 0.15) is 5.56 Å². The first-order valence-electron chi connectivity index (χ1n) is 4.87. The van der Waals surface area contributed by atoms with Gasteiger partial charge >= 0.3 is 5.97 Å². The van der Waals surface area contributed by atoms with E-state index >= 15 is 0 Å². The van der Waals surface area contributed by atoms with Crippen molar-refractivity contribution >= 4 is 11.7 Å². The van der Waals surface area contributed by atoms with Crippen molar-refractivity contribution in [2.24, 2.45) is 0 Å². The molecular formula is C11H10N2O4. The Morgan fingerprint density at radius 1 is 1.59 bits per heavy atom. The molecule has 0 aliphatic rings. The fraction of sp³-hybridized carbons (Fsp3) is 0.273. The van der Waals surface area contributed by atoms with Gasteiger partial charge in [-0.25, -0.2) is 4.79 Å². The van der Waals surface area contributed by atoms with Crippen molar-refractivity contribution in [3.05, 3.63) is 38.9 Å². The summed E-state index contributed by atoms with van der Waals surface area (Å²) in [6.07, 6.45) is 0. The van der Waals surface area contributed by atoms with E-state index in [4.69, 9.17) is 10.00 Å². The van der Waals surface area contributed by atoms with Crippen LogP contribution in [0.25, 0.3) is 0 Å². The third kappa shape index (κ3) is 2.58. The lowest BCUT2D eigenvalue weighted by Crippen LogP contribution is -2.09. The summed E-state index contributed by atoms with van der Waals surface area (Å²) in [6, 6.07) is 4.25. The Kier molecular flexibility index (Phi) is 3.78. The van der Waals surface area contributed by atoms with E-state index in [1.807, 2.05) is 6.07 Å². The first-order chi connectivity index (χ1) is 8.01. The summed E-state index contributed by atoms with van der Waals surface area (Å²) in [6.45, 7) is 3.29. The van der Waals surface area contributed by atoms with Gasteiger partial charge in [0.05, 0.1) is 23.2 Å². The van der Waals surface area contributed by atoms with Crippen LogP contribution in [0.5, 0.6) is 0 Å². The van der Waals surface area contributed by atoms with Crippen LogP contribution in [0.1, 0.15) is 28.4 Å². The maximum absolute atomic E-state index is 11.5. The van der Waals surface area contributed by atoms with Crippen molar-refractivity contribution in [2.45, 2.75) is 13.8 Å². The van der Waals surface area contributed by atoms with Crippen molar-refractivity contribution in [3.63, 3.8) is 0 Å². The van der Waals surface area contributed by atoms with E-state index in [0.29, 0.717) is 5.56 Å². The average molecular weight is 234 g/mol. The highest BCUT2D eigenvalue weighted by atomic mass is 16.6. The number of nitro groups is 1. The normalized spacial score (nSPS) is 9.47. The summed E-state index contributed by atoms with van der Waals surface area (Å²) in [5.74, 6) is -0.796. The van der Waals surface area contributed by atoms with Gasteiger partial charge in [0.15, 0.2) is 0 Å². The Morgan fingerprint density at radius 3 is 2.71 bits per heavy atom. The first kappa shape index (κ1) is 12.6. The average Bonchev–Trinajstić information content (AvgIpc) is 2.28. The zero-order chi connectivity index (χ0) is 13.0. The number of rotatable bonds is 3. The molecular weight excluding hydrogens is 224 g/mol. The first-order valence-corrected chi connectivity index (χ1v) is 4.87. The van der Waals surface area contributed by atoms with Crippen LogP contribution >= 0.6 is 0 Å². The van der Waals surface area contributed by atoms with E-state index in [1.165, 1.54) is 12.1 Å². The number of hydrogen-bond acceptors (Lipinski definition) is 5. The number of carbonyl (C=O) groups is 1. The Labute approximate surface area is 97.6 Å². The molecule has 0 N–H and O–H groups in total. The summed E-state index contributed by atoms with van der Waals surface area (Å²) in [4.78, 5) is 21.6. The molecule has 6 heteroatoms. The highest BCUT2D eigenvalue weighted by molar-refractivity contribution is 5.94. The molecule has 0 amide bonds. The van der Waals surface area contributed by atoms with Gasteiger partial charge in [-0.2, -0.15) is 5.26 Å². The SMILES string of the molecule is CCOC(=O)c1cc(C#N)c(C)cc1[N+](=O)[O-]. The number of aryl methyl sites for hydroxylation is 1. The van der Waals surface area contributed by atoms with Crippen LogP contribution in [-0.4, -0.2) is 17.5 Å². The van der Waals surface area contributed by atoms with Gasteiger partial charge in [-0.3, -0.25) is 10.1 Å². The lowest BCUT2D eigenvalue weighted by molar-refractivity contribution is -0.385. The molecule has 88 valence electrons. The molecule has 0 saturated heterocycles. The molecule has 6 nitrogen and oxygen atoms in total. The van der Waals surface area contributed by atoms with E-state index in [-0.39, 0.29) is 23.4 Å². The van der Waals surface area contributed by atoms with E-state index in [9.17, 15) is 14.9 Å². The number of hydrogen-bond donors (Lipinski definition) is 0.